The standard InChI is InChI=1S/C11H21ClO2/c1-3-5-7-10(8-6-4-2)11(13)14-9-12/h10H,3-9H2,1-2H3. The van der Waals surface area contributed by atoms with E-state index < -0.39 is 0 Å². The smallest absolute Gasteiger partial charge is 0.310 e. The van der Waals surface area contributed by atoms with Gasteiger partial charge in [-0.3, -0.25) is 4.79 Å². The minimum absolute atomic E-state index is 0.0203. The molecule has 0 spiro atoms. The number of unbranched alkanes of at least 4 members (excludes halogenated alkanes) is 2. The van der Waals surface area contributed by atoms with E-state index in [1.807, 2.05) is 0 Å². The van der Waals surface area contributed by atoms with Crippen molar-refractivity contribution < 1.29 is 9.53 Å². The second-order valence-electron chi connectivity index (χ2n) is 3.55. The van der Waals surface area contributed by atoms with Crippen molar-refractivity contribution in [2.45, 2.75) is 52.4 Å². The first-order valence-corrected chi connectivity index (χ1v) is 6.02. The van der Waals surface area contributed by atoms with Crippen LogP contribution >= 0.6 is 11.6 Å². The Balaban J connectivity index is 3.88. The summed E-state index contributed by atoms with van der Waals surface area (Å²) in [4.78, 5) is 11.4. The van der Waals surface area contributed by atoms with Crippen LogP contribution in [-0.2, 0) is 9.53 Å². The average molecular weight is 221 g/mol. The topological polar surface area (TPSA) is 26.3 Å². The summed E-state index contributed by atoms with van der Waals surface area (Å²) in [5.41, 5.74) is 0. The summed E-state index contributed by atoms with van der Waals surface area (Å²) in [7, 11) is 0. The fraction of sp³-hybridized carbons (Fsp3) is 0.909. The molecule has 0 aromatic rings. The summed E-state index contributed by atoms with van der Waals surface area (Å²) >= 11 is 5.37. The van der Waals surface area contributed by atoms with Crippen LogP contribution < -0.4 is 0 Å². The predicted octanol–water partition coefficient (Wildman–Crippen LogP) is 3.72. The van der Waals surface area contributed by atoms with E-state index in [2.05, 4.69) is 13.8 Å². The monoisotopic (exact) mass is 220 g/mol. The van der Waals surface area contributed by atoms with E-state index in [9.17, 15) is 4.79 Å². The molecule has 0 saturated heterocycles. The lowest BCUT2D eigenvalue weighted by Gasteiger charge is -2.13. The van der Waals surface area contributed by atoms with Gasteiger partial charge in [0.1, 0.15) is 0 Å². The van der Waals surface area contributed by atoms with Crippen LogP contribution in [0.5, 0.6) is 0 Å². The molecule has 0 aromatic carbocycles. The van der Waals surface area contributed by atoms with Crippen molar-refractivity contribution in [2.75, 3.05) is 6.07 Å². The zero-order valence-corrected chi connectivity index (χ0v) is 9.98. The maximum atomic E-state index is 11.4. The van der Waals surface area contributed by atoms with Gasteiger partial charge in [0.15, 0.2) is 6.07 Å². The highest BCUT2D eigenvalue weighted by Crippen LogP contribution is 2.17. The number of carbonyl (C=O) groups excluding carboxylic acids is 1. The maximum absolute atomic E-state index is 11.4. The van der Waals surface area contributed by atoms with Crippen molar-refractivity contribution in [2.24, 2.45) is 5.92 Å². The van der Waals surface area contributed by atoms with Gasteiger partial charge in [0, 0.05) is 0 Å². The van der Waals surface area contributed by atoms with Crippen molar-refractivity contribution in [1.29, 1.82) is 0 Å². The van der Waals surface area contributed by atoms with E-state index in [0.717, 1.165) is 38.5 Å². The van der Waals surface area contributed by atoms with Crippen LogP contribution in [0.1, 0.15) is 52.4 Å². The summed E-state index contributed by atoms with van der Waals surface area (Å²) in [6.45, 7) is 4.26. The van der Waals surface area contributed by atoms with Gasteiger partial charge in [0.2, 0.25) is 0 Å². The van der Waals surface area contributed by atoms with Crippen molar-refractivity contribution in [3.63, 3.8) is 0 Å². The van der Waals surface area contributed by atoms with Gasteiger partial charge in [-0.25, -0.2) is 0 Å². The van der Waals surface area contributed by atoms with Gasteiger partial charge >= 0.3 is 5.97 Å². The molecule has 0 bridgehead atoms. The summed E-state index contributed by atoms with van der Waals surface area (Å²) < 4.78 is 4.82. The zero-order valence-electron chi connectivity index (χ0n) is 9.22. The number of esters is 1. The molecule has 14 heavy (non-hydrogen) atoms. The Hall–Kier alpha value is -0.240. The summed E-state index contributed by atoms with van der Waals surface area (Å²) in [5.74, 6) is -0.0597. The van der Waals surface area contributed by atoms with Gasteiger partial charge in [0.05, 0.1) is 5.92 Å². The predicted molar refractivity (Wildman–Crippen MR) is 59.4 cm³/mol. The third kappa shape index (κ3) is 6.25. The lowest BCUT2D eigenvalue weighted by atomic mass is 9.96. The van der Waals surface area contributed by atoms with Gasteiger partial charge in [-0.05, 0) is 12.8 Å². The number of alkyl halides is 1. The minimum Gasteiger partial charge on any atom is -0.449 e. The maximum Gasteiger partial charge on any atom is 0.310 e. The first-order chi connectivity index (χ1) is 6.76. The second-order valence-corrected chi connectivity index (χ2v) is 3.77. The van der Waals surface area contributed by atoms with Crippen molar-refractivity contribution in [3.8, 4) is 0 Å². The number of hydrogen-bond donors (Lipinski definition) is 0. The highest BCUT2D eigenvalue weighted by Gasteiger charge is 2.18. The number of ether oxygens (including phenoxy) is 1. The molecule has 3 heteroatoms. The Bertz CT molecular complexity index is 140. The lowest BCUT2D eigenvalue weighted by molar-refractivity contribution is -0.147. The molecule has 0 aliphatic heterocycles. The normalized spacial score (nSPS) is 10.6. The number of halogens is 1. The Kier molecular flexibility index (Phi) is 9.16. The van der Waals surface area contributed by atoms with E-state index in [1.165, 1.54) is 0 Å². The van der Waals surface area contributed by atoms with Gasteiger partial charge in [-0.2, -0.15) is 0 Å². The Labute approximate surface area is 92.0 Å². The molecule has 0 fully saturated rings. The molecular formula is C11H21ClO2. The Morgan fingerprint density at radius 1 is 1.21 bits per heavy atom. The van der Waals surface area contributed by atoms with Crippen LogP contribution in [0.2, 0.25) is 0 Å². The van der Waals surface area contributed by atoms with Crippen molar-refractivity contribution >= 4 is 17.6 Å². The van der Waals surface area contributed by atoms with E-state index in [1.54, 1.807) is 0 Å². The molecule has 2 nitrogen and oxygen atoms in total. The molecule has 0 rings (SSSR count). The number of carbonyl (C=O) groups is 1. The Morgan fingerprint density at radius 3 is 2.07 bits per heavy atom. The van der Waals surface area contributed by atoms with E-state index in [4.69, 9.17) is 16.3 Å². The number of hydrogen-bond acceptors (Lipinski definition) is 2. The molecule has 0 atom stereocenters. The first-order valence-electron chi connectivity index (χ1n) is 5.48. The highest BCUT2D eigenvalue weighted by molar-refractivity contribution is 6.17. The van der Waals surface area contributed by atoms with Crippen LogP contribution in [0.3, 0.4) is 0 Å². The molecule has 0 aliphatic rings. The molecule has 0 radical (unpaired) electrons. The SMILES string of the molecule is CCCCC(CCCC)C(=O)OCCl. The largest absolute Gasteiger partial charge is 0.449 e. The fourth-order valence-corrected chi connectivity index (χ4v) is 1.56. The van der Waals surface area contributed by atoms with E-state index >= 15 is 0 Å². The molecule has 0 amide bonds. The van der Waals surface area contributed by atoms with E-state index in [0.29, 0.717) is 0 Å². The third-order valence-electron chi connectivity index (χ3n) is 2.34. The minimum atomic E-state index is -0.123. The first kappa shape index (κ1) is 13.8. The Morgan fingerprint density at radius 2 is 1.71 bits per heavy atom. The van der Waals surface area contributed by atoms with Gasteiger partial charge in [0.25, 0.3) is 0 Å². The highest BCUT2D eigenvalue weighted by atomic mass is 35.5. The molecule has 0 saturated carbocycles. The average Bonchev–Trinajstić information content (AvgIpc) is 2.18. The molecule has 0 heterocycles. The molecule has 0 N–H and O–H groups in total. The molecule has 0 aromatic heterocycles. The van der Waals surface area contributed by atoms with Crippen molar-refractivity contribution in [1.82, 2.24) is 0 Å². The molecule has 0 aliphatic carbocycles. The molecular weight excluding hydrogens is 200 g/mol. The van der Waals surface area contributed by atoms with Crippen LogP contribution in [0.4, 0.5) is 0 Å². The van der Waals surface area contributed by atoms with Gasteiger partial charge in [-0.1, -0.05) is 51.1 Å². The van der Waals surface area contributed by atoms with Crippen molar-refractivity contribution in [3.05, 3.63) is 0 Å². The second kappa shape index (κ2) is 9.32. The zero-order chi connectivity index (χ0) is 10.8. The quantitative estimate of drug-likeness (QED) is 0.460. The van der Waals surface area contributed by atoms with Crippen LogP contribution in [-0.4, -0.2) is 12.0 Å². The van der Waals surface area contributed by atoms with Gasteiger partial charge in [-0.15, -0.1) is 0 Å². The van der Waals surface area contributed by atoms with Crippen LogP contribution in [0.25, 0.3) is 0 Å². The van der Waals surface area contributed by atoms with Crippen LogP contribution in [0, 0.1) is 5.92 Å². The summed E-state index contributed by atoms with van der Waals surface area (Å²) in [5, 5.41) is 0. The number of rotatable bonds is 8. The molecule has 84 valence electrons. The molecule has 0 unspecified atom stereocenters. The van der Waals surface area contributed by atoms with Crippen LogP contribution in [0.15, 0.2) is 0 Å². The lowest BCUT2D eigenvalue weighted by Crippen LogP contribution is -2.17. The fourth-order valence-electron chi connectivity index (χ4n) is 1.45. The summed E-state index contributed by atoms with van der Waals surface area (Å²) in [6.07, 6.45) is 6.30. The summed E-state index contributed by atoms with van der Waals surface area (Å²) in [6, 6.07) is -0.0203. The van der Waals surface area contributed by atoms with E-state index in [-0.39, 0.29) is 18.0 Å². The van der Waals surface area contributed by atoms with Gasteiger partial charge < -0.3 is 4.74 Å². The third-order valence-corrected chi connectivity index (χ3v) is 2.45.